The molecular weight excluding hydrogens is 344 g/mol. The van der Waals surface area contributed by atoms with Gasteiger partial charge in [0.25, 0.3) is 5.56 Å². The van der Waals surface area contributed by atoms with Gasteiger partial charge in [0.15, 0.2) is 11.2 Å². The summed E-state index contributed by atoms with van der Waals surface area (Å²) >= 11 is 0. The molecule has 7 nitrogen and oxygen atoms in total. The van der Waals surface area contributed by atoms with Crippen LogP contribution < -0.4 is 11.2 Å². The van der Waals surface area contributed by atoms with Gasteiger partial charge in [-0.1, -0.05) is 45.0 Å². The molecule has 0 spiro atoms. The summed E-state index contributed by atoms with van der Waals surface area (Å²) in [6.07, 6.45) is 0.952. The normalized spacial score (nSPS) is 11.6. The standard InChI is InChI=1S/C20H26N4O3/c1-5-14-6-8-15(9-7-14)17-21-18-16(23(17)10-11-27-4)19(25)22-20(26)24(18)12-13(2)3/h6-9,13H,5,10-12H2,1-4H3,(H,22,25,26). The smallest absolute Gasteiger partial charge is 0.330 e. The third-order valence-electron chi connectivity index (χ3n) is 4.57. The number of fused-ring (bicyclic) bond motifs is 1. The maximum absolute atomic E-state index is 12.6. The molecule has 0 atom stereocenters. The van der Waals surface area contributed by atoms with Gasteiger partial charge < -0.3 is 9.30 Å². The number of nitrogens with one attached hydrogen (secondary N) is 1. The molecule has 0 fully saturated rings. The predicted molar refractivity (Wildman–Crippen MR) is 106 cm³/mol. The number of rotatable bonds is 7. The summed E-state index contributed by atoms with van der Waals surface area (Å²) in [6, 6.07) is 8.12. The van der Waals surface area contributed by atoms with Crippen LogP contribution in [-0.2, 0) is 24.2 Å². The molecule has 0 aliphatic carbocycles. The van der Waals surface area contributed by atoms with E-state index in [1.54, 1.807) is 11.7 Å². The molecule has 2 heterocycles. The van der Waals surface area contributed by atoms with E-state index in [2.05, 4.69) is 24.0 Å². The summed E-state index contributed by atoms with van der Waals surface area (Å²) in [4.78, 5) is 32.1. The first kappa shape index (κ1) is 19.1. The number of aromatic amines is 1. The highest BCUT2D eigenvalue weighted by molar-refractivity contribution is 5.77. The van der Waals surface area contributed by atoms with Crippen LogP contribution in [0, 0.1) is 5.92 Å². The lowest BCUT2D eigenvalue weighted by atomic mass is 10.1. The Morgan fingerprint density at radius 2 is 1.85 bits per heavy atom. The van der Waals surface area contributed by atoms with Crippen LogP contribution in [0.4, 0.5) is 0 Å². The van der Waals surface area contributed by atoms with Gasteiger partial charge >= 0.3 is 5.69 Å². The van der Waals surface area contributed by atoms with E-state index < -0.39 is 11.2 Å². The number of nitrogens with zero attached hydrogens (tertiary/aromatic N) is 3. The Bertz CT molecular complexity index is 1040. The monoisotopic (exact) mass is 370 g/mol. The van der Waals surface area contributed by atoms with Crippen molar-refractivity contribution in [3.63, 3.8) is 0 Å². The Labute approximate surface area is 157 Å². The first-order chi connectivity index (χ1) is 13.0. The summed E-state index contributed by atoms with van der Waals surface area (Å²) in [5.74, 6) is 0.909. The number of methoxy groups -OCH3 is 1. The zero-order chi connectivity index (χ0) is 19.6. The largest absolute Gasteiger partial charge is 0.383 e. The Balaban J connectivity index is 2.29. The van der Waals surface area contributed by atoms with Gasteiger partial charge in [0.05, 0.1) is 6.61 Å². The lowest BCUT2D eigenvalue weighted by Crippen LogP contribution is -2.32. The number of hydrogen-bond donors (Lipinski definition) is 1. The van der Waals surface area contributed by atoms with Crippen LogP contribution in [-0.4, -0.2) is 32.8 Å². The molecule has 0 aliphatic rings. The van der Waals surface area contributed by atoms with Gasteiger partial charge in [-0.3, -0.25) is 14.3 Å². The molecule has 144 valence electrons. The molecule has 0 radical (unpaired) electrons. The van der Waals surface area contributed by atoms with Gasteiger partial charge in [0.2, 0.25) is 0 Å². The second-order valence-corrected chi connectivity index (χ2v) is 7.07. The number of benzene rings is 1. The number of aromatic nitrogens is 4. The first-order valence-electron chi connectivity index (χ1n) is 9.27. The number of imidazole rings is 1. The van der Waals surface area contributed by atoms with Crippen molar-refractivity contribution in [3.05, 3.63) is 50.7 Å². The average Bonchev–Trinajstić information content (AvgIpc) is 3.03. The fourth-order valence-corrected chi connectivity index (χ4v) is 3.22. The van der Waals surface area contributed by atoms with E-state index >= 15 is 0 Å². The molecule has 0 unspecified atom stereocenters. The molecule has 0 saturated heterocycles. The second-order valence-electron chi connectivity index (χ2n) is 7.07. The van der Waals surface area contributed by atoms with Crippen molar-refractivity contribution in [3.8, 4) is 11.4 Å². The zero-order valence-corrected chi connectivity index (χ0v) is 16.3. The fourth-order valence-electron chi connectivity index (χ4n) is 3.22. The van der Waals surface area contributed by atoms with Crippen molar-refractivity contribution >= 4 is 11.2 Å². The summed E-state index contributed by atoms with van der Waals surface area (Å²) in [7, 11) is 1.62. The molecule has 1 aromatic carbocycles. The third kappa shape index (κ3) is 3.73. The SMILES string of the molecule is CCc1ccc(-c2nc3c(c(=O)[nH]c(=O)n3CC(C)C)n2CCOC)cc1. The number of hydrogen-bond acceptors (Lipinski definition) is 4. The van der Waals surface area contributed by atoms with Crippen LogP contribution in [0.25, 0.3) is 22.6 Å². The number of aryl methyl sites for hydroxylation is 1. The molecule has 0 saturated carbocycles. The molecule has 0 amide bonds. The van der Waals surface area contributed by atoms with E-state index in [9.17, 15) is 9.59 Å². The molecule has 27 heavy (non-hydrogen) atoms. The van der Waals surface area contributed by atoms with E-state index in [1.165, 1.54) is 5.56 Å². The minimum Gasteiger partial charge on any atom is -0.383 e. The summed E-state index contributed by atoms with van der Waals surface area (Å²) in [6.45, 7) is 7.55. The molecule has 0 bridgehead atoms. The highest BCUT2D eigenvalue weighted by atomic mass is 16.5. The minimum atomic E-state index is -0.425. The molecule has 3 aromatic rings. The van der Waals surface area contributed by atoms with Gasteiger partial charge in [-0.25, -0.2) is 9.78 Å². The maximum Gasteiger partial charge on any atom is 0.330 e. The summed E-state index contributed by atoms with van der Waals surface area (Å²) < 4.78 is 8.61. The van der Waals surface area contributed by atoms with E-state index in [0.717, 1.165) is 12.0 Å². The lowest BCUT2D eigenvalue weighted by Gasteiger charge is -2.10. The topological polar surface area (TPSA) is 81.9 Å². The van der Waals surface area contributed by atoms with Gasteiger partial charge in [-0.05, 0) is 17.9 Å². The van der Waals surface area contributed by atoms with Crippen molar-refractivity contribution in [1.82, 2.24) is 19.1 Å². The van der Waals surface area contributed by atoms with Crippen molar-refractivity contribution in [2.24, 2.45) is 5.92 Å². The summed E-state index contributed by atoms with van der Waals surface area (Å²) in [5.41, 5.74) is 2.11. The summed E-state index contributed by atoms with van der Waals surface area (Å²) in [5, 5.41) is 0. The highest BCUT2D eigenvalue weighted by Gasteiger charge is 2.20. The molecule has 2 aromatic heterocycles. The van der Waals surface area contributed by atoms with Gasteiger partial charge in [0, 0.05) is 25.8 Å². The Hall–Kier alpha value is -2.67. The van der Waals surface area contributed by atoms with Crippen LogP contribution in [0.3, 0.4) is 0 Å². The van der Waals surface area contributed by atoms with Crippen LogP contribution in [0.5, 0.6) is 0 Å². The molecule has 7 heteroatoms. The van der Waals surface area contributed by atoms with Crippen LogP contribution in [0.1, 0.15) is 26.3 Å². The molecule has 1 N–H and O–H groups in total. The number of H-pyrrole nitrogens is 1. The van der Waals surface area contributed by atoms with E-state index in [1.807, 2.05) is 30.5 Å². The molecule has 3 rings (SSSR count). The zero-order valence-electron chi connectivity index (χ0n) is 16.3. The minimum absolute atomic E-state index is 0.244. The Morgan fingerprint density at radius 3 is 2.44 bits per heavy atom. The fraction of sp³-hybridized carbons (Fsp3) is 0.450. The molecular formula is C20H26N4O3. The van der Waals surface area contributed by atoms with Gasteiger partial charge in [-0.2, -0.15) is 0 Å². The van der Waals surface area contributed by atoms with E-state index in [-0.39, 0.29) is 5.92 Å². The third-order valence-corrected chi connectivity index (χ3v) is 4.57. The second kappa shape index (κ2) is 7.92. The van der Waals surface area contributed by atoms with Crippen molar-refractivity contribution in [2.75, 3.05) is 13.7 Å². The van der Waals surface area contributed by atoms with Gasteiger partial charge in [-0.15, -0.1) is 0 Å². The van der Waals surface area contributed by atoms with E-state index in [4.69, 9.17) is 9.72 Å². The highest BCUT2D eigenvalue weighted by Crippen LogP contribution is 2.23. The van der Waals surface area contributed by atoms with Crippen molar-refractivity contribution < 1.29 is 4.74 Å². The number of ether oxygens (including phenoxy) is 1. The lowest BCUT2D eigenvalue weighted by molar-refractivity contribution is 0.188. The average molecular weight is 370 g/mol. The first-order valence-corrected chi connectivity index (χ1v) is 9.27. The predicted octanol–water partition coefficient (Wildman–Crippen LogP) is 2.42. The van der Waals surface area contributed by atoms with Crippen LogP contribution in [0.15, 0.2) is 33.9 Å². The Kier molecular flexibility index (Phi) is 5.60. The van der Waals surface area contributed by atoms with Crippen molar-refractivity contribution in [2.45, 2.75) is 40.3 Å². The van der Waals surface area contributed by atoms with Crippen LogP contribution in [0.2, 0.25) is 0 Å². The molecule has 0 aliphatic heterocycles. The Morgan fingerprint density at radius 1 is 1.15 bits per heavy atom. The van der Waals surface area contributed by atoms with Gasteiger partial charge in [0.1, 0.15) is 5.82 Å². The van der Waals surface area contributed by atoms with Crippen molar-refractivity contribution in [1.29, 1.82) is 0 Å². The van der Waals surface area contributed by atoms with Crippen LogP contribution >= 0.6 is 0 Å². The maximum atomic E-state index is 12.6. The van der Waals surface area contributed by atoms with E-state index in [0.29, 0.717) is 36.7 Å². The quantitative estimate of drug-likeness (QED) is 0.692.